The van der Waals surface area contributed by atoms with Crippen molar-refractivity contribution >= 4 is 11.7 Å². The van der Waals surface area contributed by atoms with Gasteiger partial charge in [-0.1, -0.05) is 0 Å². The number of hydrogen-bond donors (Lipinski definition) is 4. The maximum absolute atomic E-state index is 8.31. The minimum Gasteiger partial charge on any atom is -0.290 e. The molecule has 0 heterocycles. The van der Waals surface area contributed by atoms with Gasteiger partial charge in [0.1, 0.15) is 0 Å². The van der Waals surface area contributed by atoms with Gasteiger partial charge in [0.05, 0.1) is 0 Å². The smallest absolute Gasteiger partial charge is 0.207 e. The molecule has 0 fully saturated rings. The van der Waals surface area contributed by atoms with Crippen molar-refractivity contribution in [2.24, 2.45) is 9.98 Å². The molecule has 0 aliphatic carbocycles. The molecular weight excluding hydrogens is 164 g/mol. The molecule has 0 aliphatic heterocycles. The van der Waals surface area contributed by atoms with E-state index in [2.05, 4.69) is 9.98 Å². The Hall–Kier alpha value is -2.16. The molecule has 0 amide bonds. The third-order valence-corrected chi connectivity index (χ3v) is 0.760. The Labute approximate surface area is 67.0 Å². The van der Waals surface area contributed by atoms with Gasteiger partial charge in [-0.05, 0) is 0 Å². The van der Waals surface area contributed by atoms with E-state index in [0.717, 1.165) is 0 Å². The second-order valence-electron chi connectivity index (χ2n) is 1.34. The van der Waals surface area contributed by atoms with Crippen LogP contribution < -0.4 is 11.0 Å². The van der Waals surface area contributed by atoms with Crippen molar-refractivity contribution in [1.82, 2.24) is 11.0 Å². The summed E-state index contributed by atoms with van der Waals surface area (Å²) in [4.78, 5) is 5.98. The van der Waals surface area contributed by atoms with Crippen molar-refractivity contribution < 1.29 is 10.4 Å². The summed E-state index contributed by atoms with van der Waals surface area (Å²) < 4.78 is 0. The molecule has 0 aromatic carbocycles. The zero-order chi connectivity index (χ0) is 9.40. The molecule has 0 radical (unpaired) electrons. The van der Waals surface area contributed by atoms with Gasteiger partial charge in [0.2, 0.25) is 24.1 Å². The molecule has 8 heteroatoms. The molecule has 0 rings (SSSR count). The summed E-state index contributed by atoms with van der Waals surface area (Å²) >= 11 is 0. The Bertz CT molecular complexity index is 251. The van der Waals surface area contributed by atoms with E-state index in [9.17, 15) is 0 Å². The van der Waals surface area contributed by atoms with Crippen LogP contribution in [0, 0.1) is 22.9 Å². The van der Waals surface area contributed by atoms with Crippen molar-refractivity contribution in [1.29, 1.82) is 10.5 Å². The molecule has 0 spiro atoms. The Kier molecular flexibility index (Phi) is 4.60. The van der Waals surface area contributed by atoms with E-state index >= 15 is 0 Å². The zero-order valence-electron chi connectivity index (χ0n) is 5.68. The fourth-order valence-electron chi connectivity index (χ4n) is 0.362. The maximum Gasteiger partial charge on any atom is 0.207 e. The van der Waals surface area contributed by atoms with Crippen LogP contribution in [0.3, 0.4) is 0 Å². The van der Waals surface area contributed by atoms with Crippen molar-refractivity contribution in [3.05, 3.63) is 0 Å². The fraction of sp³-hybridized carbons (Fsp3) is 0. The molecule has 0 atom stereocenters. The highest BCUT2D eigenvalue weighted by Crippen LogP contribution is 1.77. The maximum atomic E-state index is 8.31. The first kappa shape index (κ1) is 9.84. The van der Waals surface area contributed by atoms with Crippen LogP contribution in [0.1, 0.15) is 0 Å². The van der Waals surface area contributed by atoms with Crippen LogP contribution in [0.4, 0.5) is 0 Å². The van der Waals surface area contributed by atoms with Gasteiger partial charge in [-0.25, -0.2) is 11.0 Å². The lowest BCUT2D eigenvalue weighted by Crippen LogP contribution is -2.37. The molecule has 0 aromatic rings. The normalized spacial score (nSPS) is 11.3. The number of nitrogens with one attached hydrogen (secondary N) is 2. The van der Waals surface area contributed by atoms with E-state index in [4.69, 9.17) is 20.9 Å². The fourth-order valence-corrected chi connectivity index (χ4v) is 0.362. The van der Waals surface area contributed by atoms with E-state index in [1.165, 1.54) is 23.3 Å². The van der Waals surface area contributed by atoms with E-state index in [-0.39, 0.29) is 0 Å². The van der Waals surface area contributed by atoms with Crippen molar-refractivity contribution in [2.75, 3.05) is 0 Å². The molecule has 62 valence electrons. The summed E-state index contributed by atoms with van der Waals surface area (Å²) in [6, 6.07) is 0. The Morgan fingerprint density at radius 3 is 1.50 bits per heavy atom. The first-order valence-corrected chi connectivity index (χ1v) is 2.54. The predicted octanol–water partition coefficient (Wildman–Crippen LogP) is -1.30. The number of aliphatic imine (C=N–C) groups is 2. The summed E-state index contributed by atoms with van der Waals surface area (Å²) in [6.07, 6.45) is 2.63. The summed E-state index contributed by atoms with van der Waals surface area (Å²) in [5.41, 5.74) is 2.92. The molecule has 0 saturated heterocycles. The molecular formula is C4H4N6O2. The van der Waals surface area contributed by atoms with Crippen LogP contribution in [0.15, 0.2) is 9.98 Å². The van der Waals surface area contributed by atoms with Crippen LogP contribution in [0.5, 0.6) is 0 Å². The Balaban J connectivity index is 4.74. The van der Waals surface area contributed by atoms with Crippen molar-refractivity contribution in [3.63, 3.8) is 0 Å². The Morgan fingerprint density at radius 1 is 1.00 bits per heavy atom. The van der Waals surface area contributed by atoms with Gasteiger partial charge in [0.25, 0.3) is 0 Å². The summed E-state index contributed by atoms with van der Waals surface area (Å²) in [7, 11) is 0. The van der Waals surface area contributed by atoms with E-state index in [0.29, 0.717) is 0 Å². The number of hydroxylamine groups is 2. The lowest BCUT2D eigenvalue weighted by molar-refractivity contribution is 0.223. The number of hydrogen-bond acceptors (Lipinski definition) is 6. The topological polar surface area (TPSA) is 137 Å². The van der Waals surface area contributed by atoms with Crippen LogP contribution in [-0.4, -0.2) is 22.1 Å². The van der Waals surface area contributed by atoms with E-state index < -0.39 is 11.7 Å². The highest BCUT2D eigenvalue weighted by molar-refractivity contribution is 6.40. The summed E-state index contributed by atoms with van der Waals surface area (Å²) in [5, 5.41) is 32.7. The summed E-state index contributed by atoms with van der Waals surface area (Å²) in [5.74, 6) is -0.914. The average Bonchev–Trinajstić information content (AvgIpc) is 2.11. The van der Waals surface area contributed by atoms with Gasteiger partial charge in [0, 0.05) is 0 Å². The molecule has 4 N–H and O–H groups in total. The third kappa shape index (κ3) is 2.62. The molecule has 12 heavy (non-hydrogen) atoms. The molecule has 0 saturated carbocycles. The monoisotopic (exact) mass is 168 g/mol. The van der Waals surface area contributed by atoms with Crippen LogP contribution in [0.25, 0.3) is 0 Å². The first-order valence-electron chi connectivity index (χ1n) is 2.54. The van der Waals surface area contributed by atoms with Gasteiger partial charge in [-0.2, -0.15) is 10.5 Å². The van der Waals surface area contributed by atoms with Crippen molar-refractivity contribution in [2.45, 2.75) is 0 Å². The standard InChI is InChI=1S/C4H4N6O2/c5-1-7-3(9-11)4(10-12)8-2-6/h11-12H,(H,7,9)(H,8,10). The van der Waals surface area contributed by atoms with Gasteiger partial charge in [-0.3, -0.25) is 10.4 Å². The zero-order valence-corrected chi connectivity index (χ0v) is 5.68. The molecule has 0 bridgehead atoms. The average molecular weight is 168 g/mol. The van der Waals surface area contributed by atoms with Gasteiger partial charge in [0.15, 0.2) is 0 Å². The van der Waals surface area contributed by atoms with Crippen LogP contribution in [-0.2, 0) is 0 Å². The molecule has 8 nitrogen and oxygen atoms in total. The molecule has 0 aromatic heterocycles. The number of amidine groups is 2. The number of nitriles is 2. The first-order chi connectivity index (χ1) is 5.79. The van der Waals surface area contributed by atoms with Crippen LogP contribution in [0.2, 0.25) is 0 Å². The van der Waals surface area contributed by atoms with Gasteiger partial charge < -0.3 is 0 Å². The third-order valence-electron chi connectivity index (χ3n) is 0.760. The highest BCUT2D eigenvalue weighted by Gasteiger charge is 2.06. The molecule has 0 unspecified atom stereocenters. The van der Waals surface area contributed by atoms with Gasteiger partial charge in [-0.15, -0.1) is 9.98 Å². The minimum atomic E-state index is -0.457. The lowest BCUT2D eigenvalue weighted by atomic mass is 10.5. The SMILES string of the molecule is N#CN=C(NO)C(=NC#N)NO. The van der Waals surface area contributed by atoms with Gasteiger partial charge >= 0.3 is 0 Å². The number of rotatable bonds is 0. The van der Waals surface area contributed by atoms with Crippen LogP contribution >= 0.6 is 0 Å². The largest absolute Gasteiger partial charge is 0.290 e. The van der Waals surface area contributed by atoms with E-state index in [1.54, 1.807) is 0 Å². The van der Waals surface area contributed by atoms with Crippen molar-refractivity contribution in [3.8, 4) is 12.4 Å². The highest BCUT2D eigenvalue weighted by atomic mass is 16.5. The second kappa shape index (κ2) is 5.61. The lowest BCUT2D eigenvalue weighted by Gasteiger charge is -2.01. The summed E-state index contributed by atoms with van der Waals surface area (Å²) in [6.45, 7) is 0. The molecule has 0 aliphatic rings. The predicted molar refractivity (Wildman–Crippen MR) is 35.9 cm³/mol. The minimum absolute atomic E-state index is 0.457. The number of nitrogens with zero attached hydrogens (tertiary/aromatic N) is 4. The Morgan fingerprint density at radius 2 is 1.33 bits per heavy atom. The van der Waals surface area contributed by atoms with E-state index in [1.807, 2.05) is 0 Å². The quantitative estimate of drug-likeness (QED) is 0.153. The second-order valence-corrected chi connectivity index (χ2v) is 1.34.